The molecule has 0 radical (unpaired) electrons. The molecule has 3 aromatic rings. The molecule has 0 saturated carbocycles. The van der Waals surface area contributed by atoms with Crippen LogP contribution in [0.4, 0.5) is 20.2 Å². The summed E-state index contributed by atoms with van der Waals surface area (Å²) in [7, 11) is -4.25. The first-order chi connectivity index (χ1) is 14.2. The fraction of sp³-hybridized carbons (Fsp3) is 0.0500. The normalized spacial score (nSPS) is 11.2. The second-order valence-corrected chi connectivity index (χ2v) is 8.80. The summed E-state index contributed by atoms with van der Waals surface area (Å²) in [5.41, 5.74) is 0.373. The van der Waals surface area contributed by atoms with Crippen LogP contribution in [0.3, 0.4) is 0 Å². The molecule has 0 bridgehead atoms. The molecule has 0 aliphatic carbocycles. The van der Waals surface area contributed by atoms with Gasteiger partial charge < -0.3 is 5.32 Å². The Morgan fingerprint density at radius 2 is 1.43 bits per heavy atom. The molecule has 0 aliphatic rings. The van der Waals surface area contributed by atoms with Gasteiger partial charge in [-0.05, 0) is 66.7 Å². The Kier molecular flexibility index (Phi) is 6.60. The van der Waals surface area contributed by atoms with Crippen LogP contribution in [0.2, 0.25) is 10.0 Å². The molecule has 10 heteroatoms. The summed E-state index contributed by atoms with van der Waals surface area (Å²) >= 11 is 11.8. The van der Waals surface area contributed by atoms with Crippen molar-refractivity contribution in [3.63, 3.8) is 0 Å². The van der Waals surface area contributed by atoms with Gasteiger partial charge in [-0.3, -0.25) is 9.10 Å². The van der Waals surface area contributed by atoms with Crippen LogP contribution in [-0.4, -0.2) is 20.9 Å². The van der Waals surface area contributed by atoms with Gasteiger partial charge in [-0.15, -0.1) is 0 Å². The standard InChI is InChI=1S/C20H14Cl2F2N2O3S/c21-18-10-5-15(11-19(18)22)25-20(27)12-26(16-6-1-13(23)2-7-16)30(28,29)17-8-3-14(24)4-9-17/h1-11H,12H2,(H,25,27). The first kappa shape index (κ1) is 22.0. The number of amides is 1. The molecule has 30 heavy (non-hydrogen) atoms. The predicted octanol–water partition coefficient (Wildman–Crippen LogP) is 5.11. The van der Waals surface area contributed by atoms with Crippen molar-refractivity contribution >= 4 is 50.5 Å². The van der Waals surface area contributed by atoms with Crippen molar-refractivity contribution < 1.29 is 22.0 Å². The van der Waals surface area contributed by atoms with Gasteiger partial charge in [0.2, 0.25) is 5.91 Å². The van der Waals surface area contributed by atoms with Crippen molar-refractivity contribution in [3.8, 4) is 0 Å². The van der Waals surface area contributed by atoms with Gasteiger partial charge in [0.05, 0.1) is 20.6 Å². The molecule has 0 aliphatic heterocycles. The fourth-order valence-corrected chi connectivity index (χ4v) is 4.28. The van der Waals surface area contributed by atoms with Crippen LogP contribution in [0, 0.1) is 11.6 Å². The van der Waals surface area contributed by atoms with E-state index in [9.17, 15) is 22.0 Å². The van der Waals surface area contributed by atoms with E-state index in [1.807, 2.05) is 0 Å². The highest BCUT2D eigenvalue weighted by Crippen LogP contribution is 2.26. The first-order valence-corrected chi connectivity index (χ1v) is 10.7. The van der Waals surface area contributed by atoms with E-state index in [1.165, 1.54) is 30.3 Å². The largest absolute Gasteiger partial charge is 0.324 e. The van der Waals surface area contributed by atoms with Gasteiger partial charge in [0.25, 0.3) is 10.0 Å². The van der Waals surface area contributed by atoms with Crippen molar-refractivity contribution in [2.45, 2.75) is 4.90 Å². The number of halogens is 4. The number of hydrogen-bond acceptors (Lipinski definition) is 3. The molecular formula is C20H14Cl2F2N2O3S. The van der Waals surface area contributed by atoms with Crippen molar-refractivity contribution in [3.05, 3.63) is 88.4 Å². The number of anilines is 2. The van der Waals surface area contributed by atoms with Gasteiger partial charge >= 0.3 is 0 Å². The lowest BCUT2D eigenvalue weighted by atomic mass is 10.3. The minimum Gasteiger partial charge on any atom is -0.324 e. The maximum Gasteiger partial charge on any atom is 0.264 e. The second kappa shape index (κ2) is 8.99. The number of hydrogen-bond donors (Lipinski definition) is 1. The summed E-state index contributed by atoms with van der Waals surface area (Å²) in [5.74, 6) is -1.86. The monoisotopic (exact) mass is 470 g/mol. The van der Waals surface area contributed by atoms with Gasteiger partial charge in [-0.25, -0.2) is 17.2 Å². The van der Waals surface area contributed by atoms with Crippen LogP contribution in [0.15, 0.2) is 71.6 Å². The SMILES string of the molecule is O=C(CN(c1ccc(F)cc1)S(=O)(=O)c1ccc(F)cc1)Nc1ccc(Cl)c(Cl)c1. The van der Waals surface area contributed by atoms with Crippen LogP contribution in [0.25, 0.3) is 0 Å². The summed E-state index contributed by atoms with van der Waals surface area (Å²) in [6.07, 6.45) is 0. The van der Waals surface area contributed by atoms with E-state index in [1.54, 1.807) is 0 Å². The van der Waals surface area contributed by atoms with E-state index in [4.69, 9.17) is 23.2 Å². The zero-order valence-electron chi connectivity index (χ0n) is 15.2. The molecule has 3 aromatic carbocycles. The molecule has 3 rings (SSSR count). The molecule has 0 spiro atoms. The molecule has 0 heterocycles. The topological polar surface area (TPSA) is 66.5 Å². The Labute approximate surface area is 181 Å². The lowest BCUT2D eigenvalue weighted by molar-refractivity contribution is -0.114. The average molecular weight is 471 g/mol. The quantitative estimate of drug-likeness (QED) is 0.544. The van der Waals surface area contributed by atoms with Gasteiger partial charge in [0.1, 0.15) is 18.2 Å². The third kappa shape index (κ3) is 5.08. The minimum atomic E-state index is -4.25. The van der Waals surface area contributed by atoms with Gasteiger partial charge in [0.15, 0.2) is 0 Å². The smallest absolute Gasteiger partial charge is 0.264 e. The summed E-state index contributed by atoms with van der Waals surface area (Å²) in [4.78, 5) is 12.3. The number of rotatable bonds is 6. The lowest BCUT2D eigenvalue weighted by Crippen LogP contribution is -2.38. The molecule has 1 amide bonds. The fourth-order valence-electron chi connectivity index (χ4n) is 2.56. The van der Waals surface area contributed by atoms with E-state index < -0.39 is 34.1 Å². The Morgan fingerprint density at radius 1 is 0.867 bits per heavy atom. The average Bonchev–Trinajstić information content (AvgIpc) is 2.70. The summed E-state index contributed by atoms with van der Waals surface area (Å²) < 4.78 is 53.6. The van der Waals surface area contributed by atoms with E-state index in [2.05, 4.69) is 5.32 Å². The second-order valence-electron chi connectivity index (χ2n) is 6.12. The molecule has 0 atom stereocenters. The zero-order valence-corrected chi connectivity index (χ0v) is 17.5. The Bertz CT molecular complexity index is 1170. The van der Waals surface area contributed by atoms with E-state index in [0.29, 0.717) is 10.7 Å². The number of benzene rings is 3. The van der Waals surface area contributed by atoms with Gasteiger partial charge in [0, 0.05) is 5.69 Å². The highest BCUT2D eigenvalue weighted by Gasteiger charge is 2.27. The van der Waals surface area contributed by atoms with Crippen LogP contribution in [-0.2, 0) is 14.8 Å². The maximum absolute atomic E-state index is 13.3. The Hall–Kier alpha value is -2.68. The van der Waals surface area contributed by atoms with Gasteiger partial charge in [-0.1, -0.05) is 23.2 Å². The van der Waals surface area contributed by atoms with Crippen molar-refractivity contribution in [1.82, 2.24) is 0 Å². The highest BCUT2D eigenvalue weighted by atomic mass is 35.5. The molecule has 156 valence electrons. The highest BCUT2D eigenvalue weighted by molar-refractivity contribution is 7.92. The minimum absolute atomic E-state index is 0.0602. The summed E-state index contributed by atoms with van der Waals surface area (Å²) in [5, 5.41) is 3.04. The van der Waals surface area contributed by atoms with Crippen molar-refractivity contribution in [2.75, 3.05) is 16.2 Å². The molecule has 0 aromatic heterocycles. The van der Waals surface area contributed by atoms with Gasteiger partial charge in [-0.2, -0.15) is 0 Å². The first-order valence-electron chi connectivity index (χ1n) is 8.45. The lowest BCUT2D eigenvalue weighted by Gasteiger charge is -2.24. The van der Waals surface area contributed by atoms with E-state index >= 15 is 0 Å². The molecular weight excluding hydrogens is 457 g/mol. The van der Waals surface area contributed by atoms with Crippen LogP contribution < -0.4 is 9.62 Å². The molecule has 0 unspecified atom stereocenters. The van der Waals surface area contributed by atoms with Crippen LogP contribution in [0.5, 0.6) is 0 Å². The number of carbonyl (C=O) groups is 1. The van der Waals surface area contributed by atoms with Crippen molar-refractivity contribution in [1.29, 1.82) is 0 Å². The molecule has 0 saturated heterocycles. The third-order valence-electron chi connectivity index (χ3n) is 4.01. The zero-order chi connectivity index (χ0) is 21.9. The third-order valence-corrected chi connectivity index (χ3v) is 6.53. The maximum atomic E-state index is 13.3. The summed E-state index contributed by atoms with van der Waals surface area (Å²) in [6.45, 7) is -0.619. The number of nitrogens with zero attached hydrogens (tertiary/aromatic N) is 1. The molecule has 1 N–H and O–H groups in total. The number of sulfonamides is 1. The summed E-state index contributed by atoms with van der Waals surface area (Å²) in [6, 6.07) is 13.1. The Balaban J connectivity index is 1.93. The van der Waals surface area contributed by atoms with Crippen LogP contribution >= 0.6 is 23.2 Å². The predicted molar refractivity (Wildman–Crippen MR) is 112 cm³/mol. The molecule has 0 fully saturated rings. The number of nitrogens with one attached hydrogen (secondary N) is 1. The molecule has 5 nitrogen and oxygen atoms in total. The van der Waals surface area contributed by atoms with Crippen LogP contribution in [0.1, 0.15) is 0 Å². The van der Waals surface area contributed by atoms with Crippen molar-refractivity contribution in [2.24, 2.45) is 0 Å². The Morgan fingerprint density at radius 3 is 2.00 bits per heavy atom. The van der Waals surface area contributed by atoms with E-state index in [0.717, 1.165) is 40.7 Å². The number of carbonyl (C=O) groups excluding carboxylic acids is 1. The van der Waals surface area contributed by atoms with E-state index in [-0.39, 0.29) is 15.6 Å².